The average Bonchev–Trinajstić information content (AvgIpc) is 2.87. The Bertz CT molecular complexity index is 841. The maximum atomic E-state index is 12.5. The first-order chi connectivity index (χ1) is 12.1. The molecule has 0 spiro atoms. The third kappa shape index (κ3) is 3.94. The number of hydrogen-bond donors (Lipinski definition) is 0. The van der Waals surface area contributed by atoms with Gasteiger partial charge in [0.05, 0.1) is 17.2 Å². The van der Waals surface area contributed by atoms with Crippen LogP contribution < -0.4 is 4.74 Å². The quantitative estimate of drug-likeness (QED) is 0.754. The number of hydrogen-bond acceptors (Lipinski definition) is 4. The molecule has 0 bridgehead atoms. The monoisotopic (exact) mass is 352 g/mol. The molecule has 1 aliphatic heterocycles. The molecule has 2 aromatic rings. The van der Waals surface area contributed by atoms with Crippen molar-refractivity contribution in [3.8, 4) is 5.75 Å². The lowest BCUT2D eigenvalue weighted by Crippen LogP contribution is -2.23. The minimum absolute atomic E-state index is 0.0359. The number of amides is 1. The molecule has 1 saturated heterocycles. The molecule has 1 amide bonds. The zero-order chi connectivity index (χ0) is 17.8. The minimum atomic E-state index is -0.0359. The van der Waals surface area contributed by atoms with Crippen LogP contribution >= 0.6 is 11.8 Å². The van der Waals surface area contributed by atoms with Crippen LogP contribution in [-0.4, -0.2) is 29.6 Å². The van der Waals surface area contributed by atoms with Crippen LogP contribution in [0.3, 0.4) is 0 Å². The van der Waals surface area contributed by atoms with Gasteiger partial charge in [-0.15, -0.1) is 0 Å². The lowest BCUT2D eigenvalue weighted by Gasteiger charge is -2.08. The molecule has 128 valence electrons. The smallest absolute Gasteiger partial charge is 0.266 e. The highest BCUT2D eigenvalue weighted by atomic mass is 32.2. The van der Waals surface area contributed by atoms with E-state index in [-0.39, 0.29) is 5.91 Å². The number of likely N-dealkylation sites (N-methyl/N-ethyl adjacent to an activating group) is 1. The van der Waals surface area contributed by atoms with Gasteiger partial charge in [0, 0.05) is 7.05 Å². The molecule has 0 unspecified atom stereocenters. The largest absolute Gasteiger partial charge is 0.494 e. The Kier molecular flexibility index (Phi) is 5.24. The van der Waals surface area contributed by atoms with E-state index in [9.17, 15) is 4.79 Å². The van der Waals surface area contributed by atoms with Crippen molar-refractivity contribution in [2.75, 3.05) is 13.7 Å². The second kappa shape index (κ2) is 7.57. The topological polar surface area (TPSA) is 41.9 Å². The SMILES string of the molecule is CCOc1ccc(/C=C2/SC(=Nc3ccccc3C)N(C)C2=O)cc1. The number of amidine groups is 1. The Hall–Kier alpha value is -2.53. The molecule has 2 aromatic carbocycles. The van der Waals surface area contributed by atoms with Crippen molar-refractivity contribution in [1.82, 2.24) is 4.90 Å². The fourth-order valence-corrected chi connectivity index (χ4v) is 3.40. The van der Waals surface area contributed by atoms with Gasteiger partial charge >= 0.3 is 0 Å². The summed E-state index contributed by atoms with van der Waals surface area (Å²) in [6.07, 6.45) is 1.89. The van der Waals surface area contributed by atoms with Crippen molar-refractivity contribution in [2.45, 2.75) is 13.8 Å². The summed E-state index contributed by atoms with van der Waals surface area (Å²) in [5.41, 5.74) is 2.93. The zero-order valence-corrected chi connectivity index (χ0v) is 15.3. The van der Waals surface area contributed by atoms with E-state index in [1.165, 1.54) is 11.8 Å². The van der Waals surface area contributed by atoms with Crippen LogP contribution in [0.1, 0.15) is 18.1 Å². The number of nitrogens with zero attached hydrogens (tertiary/aromatic N) is 2. The van der Waals surface area contributed by atoms with Crippen LogP contribution in [0.5, 0.6) is 5.75 Å². The first kappa shape index (κ1) is 17.3. The maximum absolute atomic E-state index is 12.5. The molecule has 0 aromatic heterocycles. The van der Waals surface area contributed by atoms with E-state index in [0.717, 1.165) is 22.6 Å². The van der Waals surface area contributed by atoms with Crippen molar-refractivity contribution in [3.63, 3.8) is 0 Å². The Morgan fingerprint density at radius 3 is 2.56 bits per heavy atom. The summed E-state index contributed by atoms with van der Waals surface area (Å²) < 4.78 is 5.44. The first-order valence-electron chi connectivity index (χ1n) is 8.13. The van der Waals surface area contributed by atoms with E-state index in [1.807, 2.05) is 68.5 Å². The van der Waals surface area contributed by atoms with Crippen LogP contribution in [0.2, 0.25) is 0 Å². The van der Waals surface area contributed by atoms with E-state index < -0.39 is 0 Å². The summed E-state index contributed by atoms with van der Waals surface area (Å²) in [5.74, 6) is 0.792. The van der Waals surface area contributed by atoms with Crippen molar-refractivity contribution < 1.29 is 9.53 Å². The molecule has 0 N–H and O–H groups in total. The fraction of sp³-hybridized carbons (Fsp3) is 0.200. The molecule has 1 fully saturated rings. The molecule has 0 radical (unpaired) electrons. The van der Waals surface area contributed by atoms with Gasteiger partial charge in [-0.25, -0.2) is 4.99 Å². The number of carbonyl (C=O) groups is 1. The van der Waals surface area contributed by atoms with Gasteiger partial charge < -0.3 is 4.74 Å². The average molecular weight is 352 g/mol. The normalized spacial score (nSPS) is 17.6. The van der Waals surface area contributed by atoms with Crippen molar-refractivity contribution >= 4 is 34.6 Å². The summed E-state index contributed by atoms with van der Waals surface area (Å²) in [5, 5.41) is 0.691. The number of para-hydroxylation sites is 1. The second-order valence-electron chi connectivity index (χ2n) is 5.66. The number of ether oxygens (including phenoxy) is 1. The predicted octanol–water partition coefficient (Wildman–Crippen LogP) is 4.63. The number of rotatable bonds is 4. The minimum Gasteiger partial charge on any atom is -0.494 e. The van der Waals surface area contributed by atoms with Gasteiger partial charge in [0.25, 0.3) is 5.91 Å². The first-order valence-corrected chi connectivity index (χ1v) is 8.95. The molecule has 0 aliphatic carbocycles. The van der Waals surface area contributed by atoms with Crippen LogP contribution in [-0.2, 0) is 4.79 Å². The van der Waals surface area contributed by atoms with E-state index in [1.54, 1.807) is 11.9 Å². The summed E-state index contributed by atoms with van der Waals surface area (Å²) in [6, 6.07) is 15.6. The molecule has 1 heterocycles. The van der Waals surface area contributed by atoms with Gasteiger partial charge in [0.1, 0.15) is 5.75 Å². The van der Waals surface area contributed by atoms with Gasteiger partial charge in [0.2, 0.25) is 0 Å². The molecular formula is C20H20N2O2S. The molecule has 5 heteroatoms. The summed E-state index contributed by atoms with van der Waals surface area (Å²) in [6.45, 7) is 4.60. The highest BCUT2D eigenvalue weighted by Crippen LogP contribution is 2.33. The van der Waals surface area contributed by atoms with Crippen LogP contribution in [0, 0.1) is 6.92 Å². The number of aryl methyl sites for hydroxylation is 1. The lowest BCUT2D eigenvalue weighted by molar-refractivity contribution is -0.121. The summed E-state index contributed by atoms with van der Waals surface area (Å²) in [4.78, 5) is 19.4. The Balaban J connectivity index is 1.84. The highest BCUT2D eigenvalue weighted by molar-refractivity contribution is 8.18. The van der Waals surface area contributed by atoms with Crippen LogP contribution in [0.15, 0.2) is 58.4 Å². The third-order valence-corrected chi connectivity index (χ3v) is 4.88. The van der Waals surface area contributed by atoms with Gasteiger partial charge in [0.15, 0.2) is 5.17 Å². The van der Waals surface area contributed by atoms with Gasteiger partial charge in [-0.2, -0.15) is 0 Å². The molecule has 0 atom stereocenters. The Labute approximate surface area is 152 Å². The Morgan fingerprint density at radius 1 is 1.16 bits per heavy atom. The zero-order valence-electron chi connectivity index (χ0n) is 14.5. The number of benzene rings is 2. The predicted molar refractivity (Wildman–Crippen MR) is 104 cm³/mol. The molecule has 1 aliphatic rings. The molecular weight excluding hydrogens is 332 g/mol. The second-order valence-corrected chi connectivity index (χ2v) is 6.67. The van der Waals surface area contributed by atoms with E-state index >= 15 is 0 Å². The van der Waals surface area contributed by atoms with E-state index in [0.29, 0.717) is 16.7 Å². The fourth-order valence-electron chi connectivity index (χ4n) is 2.42. The third-order valence-electron chi connectivity index (χ3n) is 3.82. The van der Waals surface area contributed by atoms with Gasteiger partial charge in [-0.1, -0.05) is 30.3 Å². The standard InChI is InChI=1S/C20H20N2O2S/c1-4-24-16-11-9-15(10-12-16)13-18-19(23)22(3)20(25-18)21-17-8-6-5-7-14(17)2/h5-13H,4H2,1-3H3/b18-13+,21-20?. The summed E-state index contributed by atoms with van der Waals surface area (Å²) >= 11 is 1.40. The number of carbonyl (C=O) groups excluding carboxylic acids is 1. The number of aliphatic imine (C=N–C) groups is 1. The maximum Gasteiger partial charge on any atom is 0.266 e. The molecule has 4 nitrogen and oxygen atoms in total. The van der Waals surface area contributed by atoms with Gasteiger partial charge in [-0.3, -0.25) is 9.69 Å². The van der Waals surface area contributed by atoms with E-state index in [4.69, 9.17) is 4.74 Å². The van der Waals surface area contributed by atoms with Crippen molar-refractivity contribution in [1.29, 1.82) is 0 Å². The number of thioether (sulfide) groups is 1. The van der Waals surface area contributed by atoms with Crippen molar-refractivity contribution in [2.24, 2.45) is 4.99 Å². The van der Waals surface area contributed by atoms with Crippen LogP contribution in [0.25, 0.3) is 6.08 Å². The lowest BCUT2D eigenvalue weighted by atomic mass is 10.2. The highest BCUT2D eigenvalue weighted by Gasteiger charge is 2.30. The Morgan fingerprint density at radius 2 is 1.88 bits per heavy atom. The molecule has 3 rings (SSSR count). The molecule has 0 saturated carbocycles. The molecule has 25 heavy (non-hydrogen) atoms. The van der Waals surface area contributed by atoms with Crippen LogP contribution in [0.4, 0.5) is 5.69 Å². The van der Waals surface area contributed by atoms with Gasteiger partial charge in [-0.05, 0) is 61.0 Å². The van der Waals surface area contributed by atoms with E-state index in [2.05, 4.69) is 4.99 Å². The summed E-state index contributed by atoms with van der Waals surface area (Å²) in [7, 11) is 1.76. The van der Waals surface area contributed by atoms with Crippen molar-refractivity contribution in [3.05, 3.63) is 64.6 Å².